The van der Waals surface area contributed by atoms with E-state index >= 15 is 0 Å². The summed E-state index contributed by atoms with van der Waals surface area (Å²) < 4.78 is 4.82. The van der Waals surface area contributed by atoms with Gasteiger partial charge in [-0.05, 0) is 55.7 Å². The van der Waals surface area contributed by atoms with Crippen molar-refractivity contribution in [3.8, 4) is 11.8 Å². The fraction of sp³-hybridized carbons (Fsp3) is 0.417. The fourth-order valence-corrected chi connectivity index (χ4v) is 4.84. The number of aromatic nitrogens is 4. The summed E-state index contributed by atoms with van der Waals surface area (Å²) in [5.74, 6) is 1.81. The number of piperazine rings is 1. The molecule has 0 saturated carbocycles. The molecule has 1 aromatic carbocycles. The topological polar surface area (TPSA) is 69.2 Å². The number of hydrogen-bond donors (Lipinski definition) is 0. The Morgan fingerprint density at radius 2 is 1.67 bits per heavy atom. The molecular formula is C24H28N8S. The van der Waals surface area contributed by atoms with Gasteiger partial charge in [-0.3, -0.25) is 9.47 Å². The van der Waals surface area contributed by atoms with Crippen LogP contribution in [0.1, 0.15) is 24.8 Å². The first-order valence-corrected chi connectivity index (χ1v) is 12.0. The SMILES string of the molecule is N#Cc1ccnc(N2CCN(Cn3nc(N4CCCCC4)n(-c4ccccc4)c3=S)CC2)c1. The lowest BCUT2D eigenvalue weighted by molar-refractivity contribution is 0.194. The van der Waals surface area contributed by atoms with Gasteiger partial charge in [0.2, 0.25) is 10.7 Å². The second-order valence-electron chi connectivity index (χ2n) is 8.56. The van der Waals surface area contributed by atoms with E-state index in [2.05, 4.69) is 42.5 Å². The van der Waals surface area contributed by atoms with E-state index < -0.39 is 0 Å². The van der Waals surface area contributed by atoms with Crippen LogP contribution < -0.4 is 9.80 Å². The van der Waals surface area contributed by atoms with Crippen molar-refractivity contribution in [3.63, 3.8) is 0 Å². The van der Waals surface area contributed by atoms with Crippen LogP contribution in [-0.2, 0) is 6.67 Å². The third-order valence-corrected chi connectivity index (χ3v) is 6.77. The van der Waals surface area contributed by atoms with Crippen molar-refractivity contribution in [3.05, 3.63) is 59.0 Å². The van der Waals surface area contributed by atoms with Crippen molar-refractivity contribution in [2.75, 3.05) is 49.1 Å². The van der Waals surface area contributed by atoms with Gasteiger partial charge in [-0.15, -0.1) is 5.10 Å². The first-order valence-electron chi connectivity index (χ1n) is 11.6. The van der Waals surface area contributed by atoms with Gasteiger partial charge in [0.25, 0.3) is 0 Å². The van der Waals surface area contributed by atoms with Crippen molar-refractivity contribution < 1.29 is 0 Å². The maximum absolute atomic E-state index is 9.16. The Bertz CT molecular complexity index is 1180. The molecule has 2 saturated heterocycles. The van der Waals surface area contributed by atoms with Crippen molar-refractivity contribution in [1.29, 1.82) is 5.26 Å². The van der Waals surface area contributed by atoms with E-state index in [9.17, 15) is 0 Å². The normalized spacial score (nSPS) is 17.2. The van der Waals surface area contributed by atoms with Crippen LogP contribution >= 0.6 is 12.2 Å². The summed E-state index contributed by atoms with van der Waals surface area (Å²) in [4.78, 5) is 11.4. The van der Waals surface area contributed by atoms with Crippen molar-refractivity contribution >= 4 is 24.0 Å². The fourth-order valence-electron chi connectivity index (χ4n) is 4.56. The molecule has 33 heavy (non-hydrogen) atoms. The van der Waals surface area contributed by atoms with Gasteiger partial charge in [0, 0.05) is 45.5 Å². The van der Waals surface area contributed by atoms with Crippen molar-refractivity contribution in [2.45, 2.75) is 25.9 Å². The number of rotatable bonds is 5. The molecule has 2 aliphatic heterocycles. The largest absolute Gasteiger partial charge is 0.354 e. The van der Waals surface area contributed by atoms with Gasteiger partial charge in [0.05, 0.1) is 24.0 Å². The molecule has 2 fully saturated rings. The molecule has 0 aliphatic carbocycles. The van der Waals surface area contributed by atoms with E-state index in [-0.39, 0.29) is 0 Å². The molecule has 3 aromatic rings. The van der Waals surface area contributed by atoms with Gasteiger partial charge in [0.15, 0.2) is 0 Å². The highest BCUT2D eigenvalue weighted by molar-refractivity contribution is 7.71. The van der Waals surface area contributed by atoms with E-state index in [1.54, 1.807) is 12.3 Å². The Hall–Kier alpha value is -3.22. The summed E-state index contributed by atoms with van der Waals surface area (Å²) in [6.45, 7) is 6.19. The molecule has 8 nitrogen and oxygen atoms in total. The zero-order valence-electron chi connectivity index (χ0n) is 18.7. The van der Waals surface area contributed by atoms with Gasteiger partial charge in [0.1, 0.15) is 5.82 Å². The minimum atomic E-state index is 0.644. The van der Waals surface area contributed by atoms with E-state index in [0.29, 0.717) is 12.2 Å². The highest BCUT2D eigenvalue weighted by atomic mass is 32.1. The standard InChI is InChI=1S/C24H28N8S/c25-18-20-9-10-26-22(17-20)29-15-13-28(14-16-29)19-31-24(33)32(21-7-3-1-4-8-21)23(27-31)30-11-5-2-6-12-30/h1,3-4,7-10,17H,2,5-6,11-16,19H2. The Kier molecular flexibility index (Phi) is 6.37. The van der Waals surface area contributed by atoms with Crippen LogP contribution in [0.25, 0.3) is 5.69 Å². The number of piperidine rings is 1. The molecule has 2 aliphatic rings. The molecule has 0 bridgehead atoms. The second kappa shape index (κ2) is 9.73. The molecule has 0 amide bonds. The number of para-hydroxylation sites is 1. The van der Waals surface area contributed by atoms with Gasteiger partial charge in [-0.2, -0.15) is 5.26 Å². The average molecular weight is 461 g/mol. The van der Waals surface area contributed by atoms with Crippen LogP contribution in [0.4, 0.5) is 11.8 Å². The number of hydrogen-bond acceptors (Lipinski definition) is 7. The molecule has 0 atom stereocenters. The second-order valence-corrected chi connectivity index (χ2v) is 8.93. The lowest BCUT2D eigenvalue weighted by Crippen LogP contribution is -2.47. The van der Waals surface area contributed by atoms with E-state index in [4.69, 9.17) is 22.6 Å². The van der Waals surface area contributed by atoms with Crippen LogP contribution in [0.15, 0.2) is 48.7 Å². The van der Waals surface area contributed by atoms with E-state index in [0.717, 1.165) is 61.5 Å². The molecule has 9 heteroatoms. The van der Waals surface area contributed by atoms with E-state index in [1.807, 2.05) is 28.9 Å². The first-order chi connectivity index (χ1) is 16.2. The number of nitrogens with zero attached hydrogens (tertiary/aromatic N) is 8. The van der Waals surface area contributed by atoms with Crippen LogP contribution in [0.3, 0.4) is 0 Å². The van der Waals surface area contributed by atoms with Crippen LogP contribution in [0.5, 0.6) is 0 Å². The van der Waals surface area contributed by atoms with E-state index in [1.165, 1.54) is 19.3 Å². The Labute approximate surface area is 199 Å². The summed E-state index contributed by atoms with van der Waals surface area (Å²) >= 11 is 5.92. The summed E-state index contributed by atoms with van der Waals surface area (Å²) in [6, 6.07) is 16.1. The molecule has 0 N–H and O–H groups in total. The van der Waals surface area contributed by atoms with Gasteiger partial charge in [-0.25, -0.2) is 9.67 Å². The Morgan fingerprint density at radius 1 is 0.909 bits per heavy atom. The van der Waals surface area contributed by atoms with Gasteiger partial charge < -0.3 is 9.80 Å². The number of nitriles is 1. The third kappa shape index (κ3) is 4.63. The molecule has 5 rings (SSSR count). The van der Waals surface area contributed by atoms with Crippen LogP contribution in [-0.4, -0.2) is 63.5 Å². The minimum absolute atomic E-state index is 0.644. The van der Waals surface area contributed by atoms with Gasteiger partial charge >= 0.3 is 0 Å². The highest BCUT2D eigenvalue weighted by Gasteiger charge is 2.23. The maximum atomic E-state index is 9.16. The summed E-state index contributed by atoms with van der Waals surface area (Å²) in [5, 5.41) is 14.2. The molecule has 2 aromatic heterocycles. The van der Waals surface area contributed by atoms with Crippen molar-refractivity contribution in [1.82, 2.24) is 24.2 Å². The first kappa shape index (κ1) is 21.6. The summed E-state index contributed by atoms with van der Waals surface area (Å²) in [5.41, 5.74) is 1.70. The van der Waals surface area contributed by atoms with Crippen LogP contribution in [0, 0.1) is 16.1 Å². The zero-order valence-corrected chi connectivity index (χ0v) is 19.5. The number of anilines is 2. The molecule has 0 unspecified atom stereocenters. The maximum Gasteiger partial charge on any atom is 0.230 e. The molecule has 4 heterocycles. The number of pyridine rings is 1. The predicted molar refractivity (Wildman–Crippen MR) is 131 cm³/mol. The molecular weight excluding hydrogens is 432 g/mol. The zero-order chi connectivity index (χ0) is 22.6. The minimum Gasteiger partial charge on any atom is -0.354 e. The average Bonchev–Trinajstić information content (AvgIpc) is 3.21. The number of benzene rings is 1. The van der Waals surface area contributed by atoms with Gasteiger partial charge in [-0.1, -0.05) is 18.2 Å². The molecule has 0 radical (unpaired) electrons. The summed E-state index contributed by atoms with van der Waals surface area (Å²) in [7, 11) is 0. The monoisotopic (exact) mass is 460 g/mol. The third-order valence-electron chi connectivity index (χ3n) is 6.38. The molecule has 0 spiro atoms. The Morgan fingerprint density at radius 3 is 2.39 bits per heavy atom. The molecule has 170 valence electrons. The predicted octanol–water partition coefficient (Wildman–Crippen LogP) is 3.44. The smallest absolute Gasteiger partial charge is 0.230 e. The highest BCUT2D eigenvalue weighted by Crippen LogP contribution is 2.23. The summed E-state index contributed by atoms with van der Waals surface area (Å²) in [6.07, 6.45) is 5.37. The Balaban J connectivity index is 1.34. The van der Waals surface area contributed by atoms with Crippen LogP contribution in [0.2, 0.25) is 0 Å². The lowest BCUT2D eigenvalue weighted by atomic mass is 10.1. The quantitative estimate of drug-likeness (QED) is 0.540. The van der Waals surface area contributed by atoms with Crippen molar-refractivity contribution in [2.24, 2.45) is 0 Å². The lowest BCUT2D eigenvalue weighted by Gasteiger charge is -2.35.